The van der Waals surface area contributed by atoms with Gasteiger partial charge in [-0.3, -0.25) is 0 Å². The number of fused-ring (bicyclic) bond motifs is 3. The molecule has 0 atom stereocenters. The van der Waals surface area contributed by atoms with Crippen LogP contribution in [0.5, 0.6) is 0 Å². The summed E-state index contributed by atoms with van der Waals surface area (Å²) in [7, 11) is 0. The molecule has 0 radical (unpaired) electrons. The molecule has 0 aliphatic heterocycles. The summed E-state index contributed by atoms with van der Waals surface area (Å²) >= 11 is 0. The standard InChI is InChI=1S/C21H19.Hf/c1-2-7-15-9-5-11-17(15)19-12-6-13-20-18-10-4-3-8-16(18)14-21(19)20;/h3-6,8-10,12-14H,2,7,11H2,1H3;/q-1;. The molecule has 22 heavy (non-hydrogen) atoms. The molecule has 3 aromatic rings. The van der Waals surface area contributed by atoms with E-state index in [-0.39, 0.29) is 25.8 Å². The summed E-state index contributed by atoms with van der Waals surface area (Å²) in [6.07, 6.45) is 8.10. The molecule has 108 valence electrons. The molecular formula is C21H19Hf-. The van der Waals surface area contributed by atoms with Crippen molar-refractivity contribution in [2.24, 2.45) is 0 Å². The van der Waals surface area contributed by atoms with E-state index < -0.39 is 0 Å². The minimum absolute atomic E-state index is 0. The molecular weight excluding hydrogens is 431 g/mol. The van der Waals surface area contributed by atoms with Crippen molar-refractivity contribution in [2.75, 3.05) is 0 Å². The van der Waals surface area contributed by atoms with E-state index in [1.807, 2.05) is 0 Å². The summed E-state index contributed by atoms with van der Waals surface area (Å²) in [6, 6.07) is 17.8. The fourth-order valence-corrected chi connectivity index (χ4v) is 3.58. The fraction of sp³-hybridized carbons (Fsp3) is 0.190. The fourth-order valence-electron chi connectivity index (χ4n) is 3.58. The molecule has 0 spiro atoms. The van der Waals surface area contributed by atoms with Crippen LogP contribution < -0.4 is 0 Å². The van der Waals surface area contributed by atoms with Gasteiger partial charge >= 0.3 is 0 Å². The number of hydrogen-bond donors (Lipinski definition) is 0. The van der Waals surface area contributed by atoms with Crippen LogP contribution in [0.2, 0.25) is 0 Å². The molecule has 0 fully saturated rings. The molecule has 1 aliphatic carbocycles. The van der Waals surface area contributed by atoms with E-state index in [0.29, 0.717) is 0 Å². The van der Waals surface area contributed by atoms with Crippen molar-refractivity contribution >= 4 is 27.1 Å². The molecule has 1 heteroatoms. The van der Waals surface area contributed by atoms with Crippen LogP contribution >= 0.6 is 0 Å². The number of allylic oxidation sites excluding steroid dienone is 4. The summed E-state index contributed by atoms with van der Waals surface area (Å²) in [6.45, 7) is 2.26. The SMILES string of the molecule is CCCC1=C(c2cccc3c2[cH-]c2ccccc23)CC=C1.[Hf]. The molecule has 0 bridgehead atoms. The van der Waals surface area contributed by atoms with Crippen molar-refractivity contribution in [1.29, 1.82) is 0 Å². The Balaban J connectivity index is 0.00000144. The van der Waals surface area contributed by atoms with Crippen LogP contribution in [0.25, 0.3) is 27.1 Å². The van der Waals surface area contributed by atoms with E-state index in [4.69, 9.17) is 0 Å². The Morgan fingerprint density at radius 1 is 1.00 bits per heavy atom. The third kappa shape index (κ3) is 2.46. The van der Waals surface area contributed by atoms with E-state index in [0.717, 1.165) is 6.42 Å². The first kappa shape index (κ1) is 15.6. The van der Waals surface area contributed by atoms with Gasteiger partial charge in [-0.25, -0.2) is 0 Å². The first-order valence-corrected chi connectivity index (χ1v) is 7.84. The molecule has 0 saturated carbocycles. The zero-order chi connectivity index (χ0) is 14.2. The summed E-state index contributed by atoms with van der Waals surface area (Å²) in [5.41, 5.74) is 4.48. The van der Waals surface area contributed by atoms with Crippen LogP contribution in [0.4, 0.5) is 0 Å². The second kappa shape index (κ2) is 6.42. The van der Waals surface area contributed by atoms with Crippen molar-refractivity contribution in [3.8, 4) is 0 Å². The molecule has 0 heterocycles. The Bertz CT molecular complexity index is 877. The topological polar surface area (TPSA) is 0 Å². The van der Waals surface area contributed by atoms with Gasteiger partial charge in [0.2, 0.25) is 0 Å². The normalized spacial score (nSPS) is 14.0. The Morgan fingerprint density at radius 3 is 2.68 bits per heavy atom. The second-order valence-electron chi connectivity index (χ2n) is 5.86. The van der Waals surface area contributed by atoms with Gasteiger partial charge in [-0.15, -0.1) is 33.7 Å². The van der Waals surface area contributed by atoms with Gasteiger partial charge in [0.15, 0.2) is 0 Å². The van der Waals surface area contributed by atoms with Crippen molar-refractivity contribution < 1.29 is 25.8 Å². The van der Waals surface area contributed by atoms with E-state index in [1.54, 1.807) is 0 Å². The summed E-state index contributed by atoms with van der Waals surface area (Å²) in [4.78, 5) is 0. The third-order valence-corrected chi connectivity index (χ3v) is 4.53. The maximum atomic E-state index is 2.36. The van der Waals surface area contributed by atoms with Gasteiger partial charge < -0.3 is 0 Å². The van der Waals surface area contributed by atoms with Crippen molar-refractivity contribution in [3.05, 3.63) is 71.8 Å². The molecule has 0 saturated heterocycles. The summed E-state index contributed by atoms with van der Waals surface area (Å²) in [5, 5.41) is 5.52. The van der Waals surface area contributed by atoms with Gasteiger partial charge in [-0.2, -0.15) is 0 Å². The van der Waals surface area contributed by atoms with E-state index in [2.05, 4.69) is 67.6 Å². The minimum Gasteiger partial charge on any atom is -0.126 e. The van der Waals surface area contributed by atoms with Gasteiger partial charge in [-0.1, -0.05) is 78.6 Å². The second-order valence-corrected chi connectivity index (χ2v) is 5.86. The van der Waals surface area contributed by atoms with Crippen LogP contribution in [0.1, 0.15) is 31.7 Å². The molecule has 0 amide bonds. The van der Waals surface area contributed by atoms with Gasteiger partial charge in [0, 0.05) is 25.8 Å². The molecule has 1 aliphatic rings. The average molecular weight is 450 g/mol. The maximum absolute atomic E-state index is 2.36. The Morgan fingerprint density at radius 2 is 1.82 bits per heavy atom. The molecule has 4 rings (SSSR count). The maximum Gasteiger partial charge on any atom is 0 e. The minimum atomic E-state index is 0. The van der Waals surface area contributed by atoms with Gasteiger partial charge in [0.25, 0.3) is 0 Å². The van der Waals surface area contributed by atoms with Crippen LogP contribution in [-0.4, -0.2) is 0 Å². The van der Waals surface area contributed by atoms with Crippen molar-refractivity contribution in [1.82, 2.24) is 0 Å². The number of rotatable bonds is 3. The Kier molecular flexibility index (Phi) is 4.54. The smallest absolute Gasteiger partial charge is 0 e. The average Bonchev–Trinajstić information content (AvgIpc) is 3.11. The van der Waals surface area contributed by atoms with Gasteiger partial charge in [0.1, 0.15) is 0 Å². The van der Waals surface area contributed by atoms with Crippen LogP contribution in [0.3, 0.4) is 0 Å². The zero-order valence-corrected chi connectivity index (χ0v) is 16.5. The molecule has 3 aromatic carbocycles. The van der Waals surface area contributed by atoms with E-state index >= 15 is 0 Å². The molecule has 0 aromatic heterocycles. The molecule has 0 N–H and O–H groups in total. The monoisotopic (exact) mass is 451 g/mol. The van der Waals surface area contributed by atoms with Crippen LogP contribution in [0.15, 0.2) is 66.3 Å². The Labute approximate surface area is 150 Å². The zero-order valence-electron chi connectivity index (χ0n) is 12.9. The molecule has 0 unspecified atom stereocenters. The van der Waals surface area contributed by atoms with Crippen LogP contribution in [0, 0.1) is 0 Å². The van der Waals surface area contributed by atoms with Crippen molar-refractivity contribution in [3.63, 3.8) is 0 Å². The summed E-state index contributed by atoms with van der Waals surface area (Å²) < 4.78 is 0. The van der Waals surface area contributed by atoms with Crippen LogP contribution in [-0.2, 0) is 25.8 Å². The van der Waals surface area contributed by atoms with Crippen molar-refractivity contribution in [2.45, 2.75) is 26.2 Å². The van der Waals surface area contributed by atoms with E-state index in [1.165, 1.54) is 51.1 Å². The quantitative estimate of drug-likeness (QED) is 0.329. The first-order valence-electron chi connectivity index (χ1n) is 7.84. The Hall–Kier alpha value is -1.34. The third-order valence-electron chi connectivity index (χ3n) is 4.53. The first-order chi connectivity index (χ1) is 10.4. The predicted molar refractivity (Wildman–Crippen MR) is 92.6 cm³/mol. The van der Waals surface area contributed by atoms with Gasteiger partial charge in [0.05, 0.1) is 0 Å². The summed E-state index contributed by atoms with van der Waals surface area (Å²) in [5.74, 6) is 0. The number of benzene rings is 2. The van der Waals surface area contributed by atoms with E-state index in [9.17, 15) is 0 Å². The predicted octanol–water partition coefficient (Wildman–Crippen LogP) is 6.22. The molecule has 0 nitrogen and oxygen atoms in total. The van der Waals surface area contributed by atoms with Gasteiger partial charge in [-0.05, 0) is 12.8 Å². The largest absolute Gasteiger partial charge is 0.126 e. The number of hydrogen-bond acceptors (Lipinski definition) is 0.